The van der Waals surface area contributed by atoms with Gasteiger partial charge in [-0.1, -0.05) is 0 Å². The van der Waals surface area contributed by atoms with Crippen molar-refractivity contribution in [3.05, 3.63) is 31.3 Å². The molecule has 26 heavy (non-hydrogen) atoms. The molecule has 0 bridgehead atoms. The summed E-state index contributed by atoms with van der Waals surface area (Å²) in [6.45, 7) is 2.80. The van der Waals surface area contributed by atoms with Crippen LogP contribution in [0.15, 0.2) is 9.59 Å². The van der Waals surface area contributed by atoms with Crippen molar-refractivity contribution in [1.29, 1.82) is 0 Å². The van der Waals surface area contributed by atoms with Gasteiger partial charge in [0, 0.05) is 4.88 Å². The van der Waals surface area contributed by atoms with Gasteiger partial charge in [0.1, 0.15) is 23.1 Å². The van der Waals surface area contributed by atoms with E-state index >= 15 is 0 Å². The van der Waals surface area contributed by atoms with Gasteiger partial charge in [-0.3, -0.25) is 18.9 Å². The standard InChI is InChI=1S/C13H17N2O9PS/c1-4-5(2)26-12-7(4)10(18)14-13(19)15(12)11-9(17)8(16)6(24-11)3-23-25(20,21)22/h6,8-9,11,16-17H,3H2,1-2H3,(H,14,18,19)(H2,20,21,22)/t6-,8+,9-,11-/m1/s1. The van der Waals surface area contributed by atoms with E-state index in [9.17, 15) is 24.4 Å². The second-order valence-corrected chi connectivity index (χ2v) is 8.37. The Balaban J connectivity index is 2.04. The normalized spacial score (nSPS) is 26.7. The number of hydrogen-bond acceptors (Lipinski definition) is 8. The number of aliphatic hydroxyl groups is 2. The van der Waals surface area contributed by atoms with Gasteiger partial charge in [-0.2, -0.15) is 0 Å². The zero-order chi connectivity index (χ0) is 19.4. The van der Waals surface area contributed by atoms with E-state index in [4.69, 9.17) is 14.5 Å². The number of nitrogens with one attached hydrogen (secondary N) is 1. The molecule has 11 nitrogen and oxygen atoms in total. The van der Waals surface area contributed by atoms with Crippen molar-refractivity contribution in [2.24, 2.45) is 0 Å². The van der Waals surface area contributed by atoms with Crippen LogP contribution in [0.3, 0.4) is 0 Å². The fraction of sp³-hybridized carbons (Fsp3) is 0.538. The van der Waals surface area contributed by atoms with Crippen LogP contribution in [0.5, 0.6) is 0 Å². The molecular weight excluding hydrogens is 391 g/mol. The number of H-pyrrole nitrogens is 1. The van der Waals surface area contributed by atoms with Crippen molar-refractivity contribution in [1.82, 2.24) is 9.55 Å². The van der Waals surface area contributed by atoms with E-state index in [0.717, 1.165) is 20.8 Å². The van der Waals surface area contributed by atoms with Gasteiger partial charge in [0.15, 0.2) is 6.23 Å². The van der Waals surface area contributed by atoms with Crippen molar-refractivity contribution in [2.45, 2.75) is 38.4 Å². The molecule has 0 radical (unpaired) electrons. The number of phosphoric acid groups is 1. The van der Waals surface area contributed by atoms with Crippen molar-refractivity contribution in [3.63, 3.8) is 0 Å². The number of aromatic nitrogens is 2. The van der Waals surface area contributed by atoms with Gasteiger partial charge < -0.3 is 24.7 Å². The van der Waals surface area contributed by atoms with Crippen molar-refractivity contribution in [3.8, 4) is 0 Å². The third kappa shape index (κ3) is 3.30. The molecule has 4 atom stereocenters. The van der Waals surface area contributed by atoms with Crippen LogP contribution < -0.4 is 11.2 Å². The van der Waals surface area contributed by atoms with Crippen LogP contribution >= 0.6 is 19.2 Å². The number of phosphoric ester groups is 1. The second-order valence-electron chi connectivity index (χ2n) is 5.93. The first-order chi connectivity index (χ1) is 12.0. The fourth-order valence-electron chi connectivity index (χ4n) is 2.84. The van der Waals surface area contributed by atoms with E-state index in [2.05, 4.69) is 9.51 Å². The van der Waals surface area contributed by atoms with Crippen LogP contribution in [-0.2, 0) is 13.8 Å². The molecule has 0 spiro atoms. The summed E-state index contributed by atoms with van der Waals surface area (Å²) in [5, 5.41) is 20.6. The summed E-state index contributed by atoms with van der Waals surface area (Å²) in [5.74, 6) is 0. The Morgan fingerprint density at radius 3 is 2.54 bits per heavy atom. The van der Waals surface area contributed by atoms with E-state index in [0.29, 0.717) is 5.56 Å². The molecule has 0 aliphatic carbocycles. The van der Waals surface area contributed by atoms with Crippen LogP contribution in [0.25, 0.3) is 10.2 Å². The van der Waals surface area contributed by atoms with Gasteiger partial charge in [0.2, 0.25) is 0 Å². The number of aryl methyl sites for hydroxylation is 2. The van der Waals surface area contributed by atoms with Crippen molar-refractivity contribution < 1.29 is 33.8 Å². The summed E-state index contributed by atoms with van der Waals surface area (Å²) in [7, 11) is -4.80. The highest BCUT2D eigenvalue weighted by atomic mass is 32.1. The molecule has 0 saturated carbocycles. The number of ether oxygens (including phenoxy) is 1. The third-order valence-corrected chi connectivity index (χ3v) is 5.94. The maximum atomic E-state index is 12.3. The van der Waals surface area contributed by atoms with Crippen molar-refractivity contribution >= 4 is 29.4 Å². The Kier molecular flexibility index (Phi) is 4.97. The lowest BCUT2D eigenvalue weighted by Gasteiger charge is -2.18. The SMILES string of the molecule is Cc1sc2c(c1C)c(=O)[nH]c(=O)n2[C@@H]1O[C@H](COP(=O)(O)O)[C@H](O)[C@H]1O. The average Bonchev–Trinajstić information content (AvgIpc) is 2.96. The summed E-state index contributed by atoms with van der Waals surface area (Å²) < 4.78 is 21.6. The first-order valence-electron chi connectivity index (χ1n) is 7.47. The molecule has 0 aromatic carbocycles. The Morgan fingerprint density at radius 1 is 1.27 bits per heavy atom. The molecule has 0 amide bonds. The molecule has 1 aliphatic heterocycles. The minimum atomic E-state index is -4.80. The number of nitrogens with zero attached hydrogens (tertiary/aromatic N) is 1. The molecule has 3 heterocycles. The number of aromatic amines is 1. The zero-order valence-electron chi connectivity index (χ0n) is 13.6. The number of fused-ring (bicyclic) bond motifs is 1. The van der Waals surface area contributed by atoms with E-state index in [-0.39, 0.29) is 10.2 Å². The third-order valence-electron chi connectivity index (χ3n) is 4.25. The van der Waals surface area contributed by atoms with Gasteiger partial charge in [0.05, 0.1) is 12.0 Å². The van der Waals surface area contributed by atoms with Gasteiger partial charge in [-0.05, 0) is 19.4 Å². The fourth-order valence-corrected chi connectivity index (χ4v) is 4.36. The van der Waals surface area contributed by atoms with Crippen LogP contribution in [0, 0.1) is 13.8 Å². The molecule has 5 N–H and O–H groups in total. The molecule has 3 rings (SSSR count). The predicted molar refractivity (Wildman–Crippen MR) is 90.1 cm³/mol. The lowest BCUT2D eigenvalue weighted by molar-refractivity contribution is -0.0518. The predicted octanol–water partition coefficient (Wildman–Crippen LogP) is -0.903. The van der Waals surface area contributed by atoms with Gasteiger partial charge in [-0.25, -0.2) is 9.36 Å². The Labute approximate surface area is 149 Å². The summed E-state index contributed by atoms with van der Waals surface area (Å²) in [5.41, 5.74) is -0.733. The van der Waals surface area contributed by atoms with Gasteiger partial charge >= 0.3 is 13.5 Å². The Hall–Kier alpha value is -1.37. The molecule has 13 heteroatoms. The topological polar surface area (TPSA) is 171 Å². The van der Waals surface area contributed by atoms with Gasteiger partial charge in [-0.15, -0.1) is 11.3 Å². The maximum Gasteiger partial charge on any atom is 0.469 e. The molecule has 1 fully saturated rings. The van der Waals surface area contributed by atoms with Crippen molar-refractivity contribution in [2.75, 3.05) is 6.61 Å². The van der Waals surface area contributed by atoms with E-state index in [1.807, 2.05) is 0 Å². The van der Waals surface area contributed by atoms with Crippen LogP contribution in [0.4, 0.5) is 0 Å². The smallest absolute Gasteiger partial charge is 0.387 e. The second kappa shape index (κ2) is 6.66. The molecule has 0 unspecified atom stereocenters. The summed E-state index contributed by atoms with van der Waals surface area (Å²) in [4.78, 5) is 45.1. The Morgan fingerprint density at radius 2 is 1.92 bits per heavy atom. The van der Waals surface area contributed by atoms with Gasteiger partial charge in [0.25, 0.3) is 5.56 Å². The highest BCUT2D eigenvalue weighted by Gasteiger charge is 2.45. The van der Waals surface area contributed by atoms with E-state index in [1.54, 1.807) is 13.8 Å². The molecule has 1 saturated heterocycles. The maximum absolute atomic E-state index is 12.3. The van der Waals surface area contributed by atoms with Crippen LogP contribution in [0.1, 0.15) is 16.7 Å². The van der Waals surface area contributed by atoms with E-state index in [1.165, 1.54) is 0 Å². The first kappa shape index (κ1) is 19.4. The molecule has 2 aromatic heterocycles. The average molecular weight is 408 g/mol. The largest absolute Gasteiger partial charge is 0.469 e. The summed E-state index contributed by atoms with van der Waals surface area (Å²) >= 11 is 1.16. The summed E-state index contributed by atoms with van der Waals surface area (Å²) in [6, 6.07) is 0. The number of rotatable bonds is 4. The zero-order valence-corrected chi connectivity index (χ0v) is 15.4. The highest BCUT2D eigenvalue weighted by Crippen LogP contribution is 2.39. The minimum Gasteiger partial charge on any atom is -0.387 e. The van der Waals surface area contributed by atoms with E-state index < -0.39 is 50.2 Å². The van der Waals surface area contributed by atoms with Crippen LogP contribution in [-0.4, -0.2) is 54.5 Å². The first-order valence-corrected chi connectivity index (χ1v) is 9.82. The molecular formula is C13H17N2O9PS. The Bertz CT molecular complexity index is 1010. The minimum absolute atomic E-state index is 0.265. The summed E-state index contributed by atoms with van der Waals surface area (Å²) in [6.07, 6.45) is -5.77. The molecule has 2 aromatic rings. The quantitative estimate of drug-likeness (QED) is 0.402. The lowest BCUT2D eigenvalue weighted by atomic mass is 10.1. The number of aliphatic hydroxyl groups excluding tert-OH is 2. The number of thiophene rings is 1. The highest BCUT2D eigenvalue weighted by molar-refractivity contribution is 7.46. The van der Waals surface area contributed by atoms with Crippen LogP contribution in [0.2, 0.25) is 0 Å². The monoisotopic (exact) mass is 408 g/mol. The molecule has 1 aliphatic rings. The molecule has 144 valence electrons. The lowest BCUT2D eigenvalue weighted by Crippen LogP contribution is -2.38. The number of hydrogen-bond donors (Lipinski definition) is 5.